The number of para-hydroxylation sites is 2. The molecule has 0 unspecified atom stereocenters. The van der Waals surface area contributed by atoms with E-state index in [4.69, 9.17) is 4.74 Å². The third kappa shape index (κ3) is 5.48. The van der Waals surface area contributed by atoms with Crippen molar-refractivity contribution in [3.63, 3.8) is 0 Å². The molecule has 166 valence electrons. The Morgan fingerprint density at radius 2 is 1.76 bits per heavy atom. The maximum Gasteiger partial charge on any atom is 0.250 e. The summed E-state index contributed by atoms with van der Waals surface area (Å²) in [5.41, 5.74) is 6.38. The van der Waals surface area contributed by atoms with Crippen molar-refractivity contribution < 1.29 is 9.53 Å². The Bertz CT molecular complexity index is 1250. The molecule has 8 heteroatoms. The van der Waals surface area contributed by atoms with Crippen LogP contribution in [0, 0.1) is 6.92 Å². The first-order chi connectivity index (χ1) is 16.2. The van der Waals surface area contributed by atoms with Crippen molar-refractivity contribution in [2.75, 3.05) is 12.9 Å². The van der Waals surface area contributed by atoms with Crippen LogP contribution in [0.4, 0.5) is 0 Å². The van der Waals surface area contributed by atoms with E-state index in [1.165, 1.54) is 17.3 Å². The molecule has 0 aliphatic heterocycles. The van der Waals surface area contributed by atoms with Crippen molar-refractivity contribution >= 4 is 23.9 Å². The zero-order valence-electron chi connectivity index (χ0n) is 18.3. The van der Waals surface area contributed by atoms with E-state index in [9.17, 15) is 4.79 Å². The topological polar surface area (TPSA) is 81.4 Å². The number of nitrogens with one attached hydrogen (secondary N) is 1. The van der Waals surface area contributed by atoms with Crippen LogP contribution >= 0.6 is 11.8 Å². The van der Waals surface area contributed by atoms with Crippen LogP contribution in [-0.2, 0) is 4.79 Å². The molecular formula is C25H23N5O2S. The molecule has 4 aromatic rings. The van der Waals surface area contributed by atoms with Crippen molar-refractivity contribution in [2.45, 2.75) is 12.1 Å². The van der Waals surface area contributed by atoms with Gasteiger partial charge in [0.05, 0.1) is 19.1 Å². The van der Waals surface area contributed by atoms with Crippen LogP contribution < -0.4 is 10.2 Å². The van der Waals surface area contributed by atoms with Gasteiger partial charge in [0.25, 0.3) is 5.91 Å². The zero-order chi connectivity index (χ0) is 23.0. The number of amides is 1. The van der Waals surface area contributed by atoms with Crippen molar-refractivity contribution in [1.82, 2.24) is 20.2 Å². The Morgan fingerprint density at radius 1 is 1.03 bits per heavy atom. The monoisotopic (exact) mass is 457 g/mol. The van der Waals surface area contributed by atoms with Gasteiger partial charge >= 0.3 is 0 Å². The van der Waals surface area contributed by atoms with Crippen LogP contribution in [0.15, 0.2) is 89.1 Å². The molecule has 7 nitrogen and oxygen atoms in total. The Balaban J connectivity index is 1.49. The normalized spacial score (nSPS) is 11.0. The summed E-state index contributed by atoms with van der Waals surface area (Å²) in [6.07, 6.45) is 1.56. The maximum absolute atomic E-state index is 12.4. The molecule has 1 aromatic heterocycles. The lowest BCUT2D eigenvalue weighted by atomic mass is 10.1. The van der Waals surface area contributed by atoms with E-state index < -0.39 is 0 Å². The number of methoxy groups -OCH3 is 1. The number of thioether (sulfide) groups is 1. The predicted octanol–water partition coefficient (Wildman–Crippen LogP) is 4.49. The molecule has 1 amide bonds. The van der Waals surface area contributed by atoms with E-state index in [0.717, 1.165) is 22.6 Å². The van der Waals surface area contributed by atoms with Gasteiger partial charge < -0.3 is 4.74 Å². The van der Waals surface area contributed by atoms with Crippen LogP contribution in [-0.4, -0.2) is 39.7 Å². The number of carbonyl (C=O) groups is 1. The van der Waals surface area contributed by atoms with Crippen molar-refractivity contribution in [3.8, 4) is 22.8 Å². The lowest BCUT2D eigenvalue weighted by Crippen LogP contribution is -2.20. The van der Waals surface area contributed by atoms with Gasteiger partial charge in [-0.2, -0.15) is 5.10 Å². The quantitative estimate of drug-likeness (QED) is 0.239. The molecule has 0 atom stereocenters. The van der Waals surface area contributed by atoms with Crippen LogP contribution in [0.5, 0.6) is 5.75 Å². The van der Waals surface area contributed by atoms with Gasteiger partial charge in [-0.25, -0.2) is 5.43 Å². The Kier molecular flexibility index (Phi) is 7.16. The fourth-order valence-electron chi connectivity index (χ4n) is 3.17. The minimum Gasteiger partial charge on any atom is -0.496 e. The molecule has 0 aliphatic carbocycles. The van der Waals surface area contributed by atoms with Crippen LogP contribution in [0.1, 0.15) is 11.1 Å². The van der Waals surface area contributed by atoms with Crippen molar-refractivity contribution in [1.29, 1.82) is 0 Å². The van der Waals surface area contributed by atoms with Crippen LogP contribution in [0.2, 0.25) is 0 Å². The number of aromatic nitrogens is 3. The summed E-state index contributed by atoms with van der Waals surface area (Å²) in [7, 11) is 1.59. The molecule has 1 heterocycles. The molecule has 4 rings (SSSR count). The van der Waals surface area contributed by atoms with E-state index in [1.54, 1.807) is 13.3 Å². The van der Waals surface area contributed by atoms with E-state index in [2.05, 4.69) is 20.7 Å². The second-order valence-electron chi connectivity index (χ2n) is 7.17. The lowest BCUT2D eigenvalue weighted by Gasteiger charge is -2.10. The SMILES string of the molecule is COc1ccccc1C=NNC(=O)CSc1nnc(-c2ccc(C)cc2)n1-c1ccccc1. The van der Waals surface area contributed by atoms with Gasteiger partial charge in [0.15, 0.2) is 11.0 Å². The second-order valence-corrected chi connectivity index (χ2v) is 8.11. The van der Waals surface area contributed by atoms with E-state index in [0.29, 0.717) is 10.9 Å². The van der Waals surface area contributed by atoms with Gasteiger partial charge in [0.1, 0.15) is 5.75 Å². The highest BCUT2D eigenvalue weighted by atomic mass is 32.2. The average Bonchev–Trinajstić information content (AvgIpc) is 3.28. The van der Waals surface area contributed by atoms with Gasteiger partial charge in [-0.05, 0) is 31.2 Å². The number of carbonyl (C=O) groups excluding carboxylic acids is 1. The molecular weight excluding hydrogens is 434 g/mol. The standard InChI is InChI=1S/C25H23N5O2S/c1-18-12-14-19(15-13-18)24-28-29-25(30(24)21-9-4-3-5-10-21)33-17-23(31)27-26-16-20-8-6-7-11-22(20)32-2/h3-16H,17H2,1-2H3,(H,27,31). The van der Waals surface area contributed by atoms with Crippen LogP contribution in [0.25, 0.3) is 17.1 Å². The molecule has 0 spiro atoms. The number of ether oxygens (including phenoxy) is 1. The summed E-state index contributed by atoms with van der Waals surface area (Å²) in [4.78, 5) is 12.4. The van der Waals surface area contributed by atoms with E-state index >= 15 is 0 Å². The molecule has 0 bridgehead atoms. The highest BCUT2D eigenvalue weighted by Crippen LogP contribution is 2.28. The van der Waals surface area contributed by atoms with Crippen LogP contribution in [0.3, 0.4) is 0 Å². The molecule has 3 aromatic carbocycles. The summed E-state index contributed by atoms with van der Waals surface area (Å²) in [6, 6.07) is 25.4. The Morgan fingerprint density at radius 3 is 2.52 bits per heavy atom. The van der Waals surface area contributed by atoms with Gasteiger partial charge in [-0.15, -0.1) is 10.2 Å². The number of benzene rings is 3. The number of hydrazone groups is 1. The number of hydrogen-bond acceptors (Lipinski definition) is 6. The van der Waals surface area contributed by atoms with Crippen molar-refractivity contribution in [2.24, 2.45) is 5.10 Å². The zero-order valence-corrected chi connectivity index (χ0v) is 19.1. The van der Waals surface area contributed by atoms with Gasteiger partial charge in [-0.1, -0.05) is 71.9 Å². The van der Waals surface area contributed by atoms with E-state index in [-0.39, 0.29) is 11.7 Å². The number of hydrogen-bond donors (Lipinski definition) is 1. The number of aryl methyl sites for hydroxylation is 1. The lowest BCUT2D eigenvalue weighted by molar-refractivity contribution is -0.118. The fourth-order valence-corrected chi connectivity index (χ4v) is 3.92. The number of nitrogens with zero attached hydrogens (tertiary/aromatic N) is 4. The minimum absolute atomic E-state index is 0.141. The summed E-state index contributed by atoms with van der Waals surface area (Å²) in [5.74, 6) is 1.30. The molecule has 0 fully saturated rings. The van der Waals surface area contributed by atoms with Crippen molar-refractivity contribution in [3.05, 3.63) is 90.0 Å². The summed E-state index contributed by atoms with van der Waals surface area (Å²) < 4.78 is 7.24. The first-order valence-electron chi connectivity index (χ1n) is 10.3. The molecule has 0 saturated carbocycles. The molecule has 1 N–H and O–H groups in total. The third-order valence-electron chi connectivity index (χ3n) is 4.82. The van der Waals surface area contributed by atoms with Gasteiger partial charge in [0.2, 0.25) is 0 Å². The first-order valence-corrected chi connectivity index (χ1v) is 11.3. The second kappa shape index (κ2) is 10.6. The van der Waals surface area contributed by atoms with Gasteiger partial charge in [-0.3, -0.25) is 9.36 Å². The Labute approximate surface area is 196 Å². The first kappa shape index (κ1) is 22.3. The molecule has 0 radical (unpaired) electrons. The molecule has 0 aliphatic rings. The largest absolute Gasteiger partial charge is 0.496 e. The van der Waals surface area contributed by atoms with Gasteiger partial charge in [0, 0.05) is 16.8 Å². The smallest absolute Gasteiger partial charge is 0.250 e. The summed E-state index contributed by atoms with van der Waals surface area (Å²) in [5, 5.41) is 13.4. The highest BCUT2D eigenvalue weighted by Gasteiger charge is 2.17. The molecule has 33 heavy (non-hydrogen) atoms. The Hall–Kier alpha value is -3.91. The molecule has 0 saturated heterocycles. The minimum atomic E-state index is -0.245. The average molecular weight is 458 g/mol. The summed E-state index contributed by atoms with van der Waals surface area (Å²) in [6.45, 7) is 2.04. The van der Waals surface area contributed by atoms with E-state index in [1.807, 2.05) is 90.4 Å². The summed E-state index contributed by atoms with van der Waals surface area (Å²) >= 11 is 1.30. The highest BCUT2D eigenvalue weighted by molar-refractivity contribution is 7.99. The number of rotatable bonds is 8. The fraction of sp³-hybridized carbons (Fsp3) is 0.120. The predicted molar refractivity (Wildman–Crippen MR) is 131 cm³/mol. The maximum atomic E-state index is 12.4. The third-order valence-corrected chi connectivity index (χ3v) is 5.75.